The lowest BCUT2D eigenvalue weighted by molar-refractivity contribution is 0.586. The first-order chi connectivity index (χ1) is 11.9. The molecule has 0 bridgehead atoms. The van der Waals surface area contributed by atoms with Gasteiger partial charge in [0.25, 0.3) is 0 Å². The van der Waals surface area contributed by atoms with Crippen molar-refractivity contribution >= 4 is 46.3 Å². The molecule has 0 saturated heterocycles. The summed E-state index contributed by atoms with van der Waals surface area (Å²) in [5.74, 6) is -0.743. The maximum absolute atomic E-state index is 13.8. The summed E-state index contributed by atoms with van der Waals surface area (Å²) in [6.07, 6.45) is 0. The molecule has 0 aliphatic rings. The second-order valence-corrected chi connectivity index (χ2v) is 6.06. The van der Waals surface area contributed by atoms with Crippen molar-refractivity contribution in [2.24, 2.45) is 0 Å². The van der Waals surface area contributed by atoms with Crippen molar-refractivity contribution in [3.8, 4) is 0 Å². The van der Waals surface area contributed by atoms with Gasteiger partial charge in [0.1, 0.15) is 17.5 Å². The average Bonchev–Trinajstić information content (AvgIpc) is 2.52. The summed E-state index contributed by atoms with van der Waals surface area (Å²) >= 11 is 12.0. The Kier molecular flexibility index (Phi) is 5.01. The van der Waals surface area contributed by atoms with Gasteiger partial charge in [-0.15, -0.1) is 0 Å². The van der Waals surface area contributed by atoms with Gasteiger partial charge in [0.2, 0.25) is 5.95 Å². The molecule has 0 spiro atoms. The number of aromatic nitrogens is 2. The minimum atomic E-state index is -0.716. The molecule has 128 valence electrons. The highest BCUT2D eigenvalue weighted by molar-refractivity contribution is 6.36. The van der Waals surface area contributed by atoms with Crippen LogP contribution >= 0.6 is 23.2 Å². The first-order valence-corrected chi connectivity index (χ1v) is 7.96. The van der Waals surface area contributed by atoms with Crippen molar-refractivity contribution in [3.63, 3.8) is 0 Å². The largest absolute Gasteiger partial charge is 0.338 e. The molecule has 25 heavy (non-hydrogen) atoms. The standard InChI is InChI=1S/C17H12Cl2F2N4/c1-9-6-16(23-15-5-3-11(20)8-13(15)21)25-17(22-9)24-14-4-2-10(18)7-12(14)19/h2-8H,1H3,(H2,22,23,24,25). The second kappa shape index (κ2) is 7.21. The van der Waals surface area contributed by atoms with Crippen LogP contribution in [0.1, 0.15) is 5.69 Å². The first kappa shape index (κ1) is 17.4. The van der Waals surface area contributed by atoms with Gasteiger partial charge in [-0.25, -0.2) is 13.8 Å². The molecule has 0 atom stereocenters. The van der Waals surface area contributed by atoms with E-state index in [4.69, 9.17) is 23.2 Å². The topological polar surface area (TPSA) is 49.8 Å². The van der Waals surface area contributed by atoms with Crippen LogP contribution in [0.25, 0.3) is 0 Å². The van der Waals surface area contributed by atoms with E-state index in [9.17, 15) is 8.78 Å². The normalized spacial score (nSPS) is 10.6. The summed E-state index contributed by atoms with van der Waals surface area (Å²) in [5, 5.41) is 6.71. The van der Waals surface area contributed by atoms with Crippen LogP contribution in [0, 0.1) is 18.6 Å². The highest BCUT2D eigenvalue weighted by Gasteiger charge is 2.09. The Hall–Kier alpha value is -2.44. The molecule has 0 saturated carbocycles. The minimum Gasteiger partial charge on any atom is -0.338 e. The summed E-state index contributed by atoms with van der Waals surface area (Å²) in [5.41, 5.74) is 1.33. The second-order valence-electron chi connectivity index (χ2n) is 5.22. The highest BCUT2D eigenvalue weighted by Crippen LogP contribution is 2.28. The Morgan fingerprint density at radius 2 is 1.64 bits per heavy atom. The first-order valence-electron chi connectivity index (χ1n) is 7.20. The molecule has 3 rings (SSSR count). The molecule has 0 aliphatic carbocycles. The molecule has 2 aromatic carbocycles. The van der Waals surface area contributed by atoms with E-state index in [-0.39, 0.29) is 11.6 Å². The zero-order chi connectivity index (χ0) is 18.0. The van der Waals surface area contributed by atoms with E-state index in [1.165, 1.54) is 6.07 Å². The minimum absolute atomic E-state index is 0.106. The zero-order valence-electron chi connectivity index (χ0n) is 12.9. The zero-order valence-corrected chi connectivity index (χ0v) is 14.5. The predicted octanol–water partition coefficient (Wildman–Crippen LogP) is 5.86. The Morgan fingerprint density at radius 1 is 0.880 bits per heavy atom. The number of hydrogen-bond donors (Lipinski definition) is 2. The van der Waals surface area contributed by atoms with Crippen LogP contribution in [0.4, 0.5) is 31.9 Å². The lowest BCUT2D eigenvalue weighted by atomic mass is 10.3. The van der Waals surface area contributed by atoms with Gasteiger partial charge in [-0.3, -0.25) is 0 Å². The fraction of sp³-hybridized carbons (Fsp3) is 0.0588. The van der Waals surface area contributed by atoms with Crippen LogP contribution in [0.2, 0.25) is 10.0 Å². The maximum atomic E-state index is 13.8. The molecule has 8 heteroatoms. The summed E-state index contributed by atoms with van der Waals surface area (Å²) in [4.78, 5) is 8.53. The maximum Gasteiger partial charge on any atom is 0.229 e. The molecule has 0 amide bonds. The number of aryl methyl sites for hydroxylation is 1. The van der Waals surface area contributed by atoms with E-state index in [0.717, 1.165) is 12.1 Å². The summed E-state index contributed by atoms with van der Waals surface area (Å²) < 4.78 is 26.8. The molecule has 0 unspecified atom stereocenters. The van der Waals surface area contributed by atoms with Gasteiger partial charge in [-0.05, 0) is 37.3 Å². The summed E-state index contributed by atoms with van der Waals surface area (Å²) in [6.45, 7) is 1.77. The van der Waals surface area contributed by atoms with E-state index in [1.54, 1.807) is 31.2 Å². The van der Waals surface area contributed by atoms with Crippen LogP contribution in [0.3, 0.4) is 0 Å². The van der Waals surface area contributed by atoms with Crippen LogP contribution in [0.5, 0.6) is 0 Å². The van der Waals surface area contributed by atoms with Gasteiger partial charge >= 0.3 is 0 Å². The molecule has 1 heterocycles. The van der Waals surface area contributed by atoms with E-state index >= 15 is 0 Å². The number of benzene rings is 2. The van der Waals surface area contributed by atoms with Crippen LogP contribution in [0.15, 0.2) is 42.5 Å². The molecular weight excluding hydrogens is 369 g/mol. The van der Waals surface area contributed by atoms with E-state index in [1.807, 2.05) is 0 Å². The molecule has 0 fully saturated rings. The van der Waals surface area contributed by atoms with Crippen molar-refractivity contribution in [1.82, 2.24) is 9.97 Å². The third-order valence-corrected chi connectivity index (χ3v) is 3.77. The van der Waals surface area contributed by atoms with Gasteiger partial charge in [0, 0.05) is 22.8 Å². The fourth-order valence-corrected chi connectivity index (χ4v) is 2.58. The third-order valence-electron chi connectivity index (χ3n) is 3.23. The van der Waals surface area contributed by atoms with E-state index in [0.29, 0.717) is 27.2 Å². The van der Waals surface area contributed by atoms with Crippen LogP contribution < -0.4 is 10.6 Å². The monoisotopic (exact) mass is 380 g/mol. The smallest absolute Gasteiger partial charge is 0.229 e. The average molecular weight is 381 g/mol. The molecule has 2 N–H and O–H groups in total. The van der Waals surface area contributed by atoms with Crippen molar-refractivity contribution in [1.29, 1.82) is 0 Å². The fourth-order valence-electron chi connectivity index (χ4n) is 2.13. The molecule has 4 nitrogen and oxygen atoms in total. The lowest BCUT2D eigenvalue weighted by Gasteiger charge is -2.11. The van der Waals surface area contributed by atoms with E-state index in [2.05, 4.69) is 20.6 Å². The lowest BCUT2D eigenvalue weighted by Crippen LogP contribution is -2.03. The quantitative estimate of drug-likeness (QED) is 0.595. The Morgan fingerprint density at radius 3 is 2.36 bits per heavy atom. The molecule has 0 aliphatic heterocycles. The number of hydrogen-bond acceptors (Lipinski definition) is 4. The van der Waals surface area contributed by atoms with Crippen molar-refractivity contribution < 1.29 is 8.78 Å². The molecule has 3 aromatic rings. The van der Waals surface area contributed by atoms with Gasteiger partial charge in [0.15, 0.2) is 0 Å². The summed E-state index contributed by atoms with van der Waals surface area (Å²) in [6, 6.07) is 9.86. The highest BCUT2D eigenvalue weighted by atomic mass is 35.5. The van der Waals surface area contributed by atoms with Gasteiger partial charge < -0.3 is 10.6 Å². The Balaban J connectivity index is 1.87. The Bertz CT molecular complexity index is 863. The Labute approximate surface area is 152 Å². The van der Waals surface area contributed by atoms with Crippen molar-refractivity contribution in [3.05, 3.63) is 69.8 Å². The number of anilines is 4. The number of nitrogens with zero attached hydrogens (tertiary/aromatic N) is 2. The van der Waals surface area contributed by atoms with Gasteiger partial charge in [0.05, 0.1) is 16.4 Å². The van der Waals surface area contributed by atoms with Gasteiger partial charge in [-0.1, -0.05) is 23.2 Å². The predicted molar refractivity (Wildman–Crippen MR) is 96.2 cm³/mol. The number of halogens is 4. The summed E-state index contributed by atoms with van der Waals surface area (Å²) in [7, 11) is 0. The molecular formula is C17H12Cl2F2N4. The van der Waals surface area contributed by atoms with Crippen molar-refractivity contribution in [2.75, 3.05) is 10.6 Å². The van der Waals surface area contributed by atoms with Crippen LogP contribution in [-0.4, -0.2) is 9.97 Å². The van der Waals surface area contributed by atoms with E-state index < -0.39 is 11.6 Å². The van der Waals surface area contributed by atoms with Gasteiger partial charge in [-0.2, -0.15) is 4.98 Å². The SMILES string of the molecule is Cc1cc(Nc2ccc(F)cc2F)nc(Nc2ccc(Cl)cc2Cl)n1. The van der Waals surface area contributed by atoms with Crippen LogP contribution in [-0.2, 0) is 0 Å². The molecule has 0 radical (unpaired) electrons. The third kappa shape index (κ3) is 4.35. The number of rotatable bonds is 4. The molecule has 1 aromatic heterocycles. The number of nitrogens with one attached hydrogen (secondary N) is 2. The van der Waals surface area contributed by atoms with Crippen molar-refractivity contribution in [2.45, 2.75) is 6.92 Å².